The van der Waals surface area contributed by atoms with Gasteiger partial charge in [-0.2, -0.15) is 0 Å². The molecule has 0 N–H and O–H groups in total. The highest BCUT2D eigenvalue weighted by molar-refractivity contribution is 5.71. The van der Waals surface area contributed by atoms with Gasteiger partial charge < -0.3 is 14.2 Å². The number of rotatable bonds is 63. The summed E-state index contributed by atoms with van der Waals surface area (Å²) in [6, 6.07) is 0. The molecule has 6 nitrogen and oxygen atoms in total. The van der Waals surface area contributed by atoms with Crippen molar-refractivity contribution in [3.8, 4) is 0 Å². The van der Waals surface area contributed by atoms with E-state index in [1.807, 2.05) is 0 Å². The number of esters is 3. The Bertz CT molecular complexity index is 1640. The number of hydrogen-bond acceptors (Lipinski definition) is 6. The molecule has 1 unspecified atom stereocenters. The summed E-state index contributed by atoms with van der Waals surface area (Å²) in [7, 11) is 0. The molecule has 6 heteroatoms. The highest BCUT2D eigenvalue weighted by Crippen LogP contribution is 2.17. The van der Waals surface area contributed by atoms with Crippen molar-refractivity contribution < 1.29 is 28.6 Å². The summed E-state index contributed by atoms with van der Waals surface area (Å²) < 4.78 is 17.0. The van der Waals surface area contributed by atoms with Crippen LogP contribution in [0.5, 0.6) is 0 Å². The maximum absolute atomic E-state index is 12.9. The third kappa shape index (κ3) is 66.9. The van der Waals surface area contributed by atoms with Crippen LogP contribution in [0, 0.1) is 0 Å². The third-order valence-corrected chi connectivity index (χ3v) is 15.0. The monoisotopic (exact) mass is 1140 g/mol. The minimum atomic E-state index is -0.787. The van der Waals surface area contributed by atoms with Crippen LogP contribution in [0.2, 0.25) is 0 Å². The van der Waals surface area contributed by atoms with Gasteiger partial charge >= 0.3 is 17.9 Å². The predicted molar refractivity (Wildman–Crippen MR) is 357 cm³/mol. The van der Waals surface area contributed by atoms with Gasteiger partial charge in [-0.25, -0.2) is 0 Å². The average Bonchev–Trinajstić information content (AvgIpc) is 3.47. The molecule has 1 atom stereocenters. The molecule has 0 aromatic carbocycles. The molecule has 0 bridgehead atoms. The van der Waals surface area contributed by atoms with Gasteiger partial charge in [0.1, 0.15) is 13.2 Å². The van der Waals surface area contributed by atoms with E-state index < -0.39 is 6.10 Å². The summed E-state index contributed by atoms with van der Waals surface area (Å²) in [5.74, 6) is -0.886. The molecule has 470 valence electrons. The summed E-state index contributed by atoms with van der Waals surface area (Å²) in [4.78, 5) is 38.4. The Morgan fingerprint density at radius 1 is 0.256 bits per heavy atom. The quantitative estimate of drug-likeness (QED) is 0.0261. The minimum absolute atomic E-state index is 0.0815. The van der Waals surface area contributed by atoms with Gasteiger partial charge in [0.2, 0.25) is 0 Å². The first-order valence-corrected chi connectivity index (χ1v) is 34.9. The van der Waals surface area contributed by atoms with Crippen LogP contribution in [0.4, 0.5) is 0 Å². The largest absolute Gasteiger partial charge is 0.462 e. The van der Waals surface area contributed by atoms with Crippen LogP contribution in [-0.2, 0) is 28.6 Å². The van der Waals surface area contributed by atoms with E-state index in [4.69, 9.17) is 14.2 Å². The van der Waals surface area contributed by atoms with Crippen molar-refractivity contribution >= 4 is 17.9 Å². The average molecular weight is 1140 g/mol. The number of ether oxygens (including phenoxy) is 3. The molecule has 0 aliphatic rings. The second kappa shape index (κ2) is 69.6. The molecule has 0 aliphatic heterocycles. The molecular formula is C76H130O6. The van der Waals surface area contributed by atoms with E-state index in [1.54, 1.807) is 0 Å². The van der Waals surface area contributed by atoms with E-state index in [1.165, 1.54) is 173 Å². The number of carbonyl (C=O) groups is 3. The topological polar surface area (TPSA) is 78.9 Å². The SMILES string of the molecule is CC/C=C\C/C=C\C/C=C\C/C=C\CCCCCCCCCCCCCCCCCCCCC(=O)OCC(COC(=O)CCCCCCC/C=C\CCCCC)OC(=O)CCCCCCCCCC/C=C\C/C=C\C/C=C\C/C=C\CC. The zero-order valence-corrected chi connectivity index (χ0v) is 54.0. The molecule has 0 saturated heterocycles. The van der Waals surface area contributed by atoms with Crippen LogP contribution in [-0.4, -0.2) is 37.2 Å². The highest BCUT2D eigenvalue weighted by Gasteiger charge is 2.19. The molecular weight excluding hydrogens is 1010 g/mol. The summed E-state index contributed by atoms with van der Waals surface area (Å²) >= 11 is 0. The zero-order chi connectivity index (χ0) is 59.2. The minimum Gasteiger partial charge on any atom is -0.462 e. The zero-order valence-electron chi connectivity index (χ0n) is 54.0. The lowest BCUT2D eigenvalue weighted by Crippen LogP contribution is -2.30. The van der Waals surface area contributed by atoms with Gasteiger partial charge in [0, 0.05) is 19.3 Å². The Labute approximate surface area is 508 Å². The summed E-state index contributed by atoms with van der Waals surface area (Å²) in [6.07, 6.45) is 95.5. The Morgan fingerprint density at radius 3 is 0.756 bits per heavy atom. The molecule has 0 rings (SSSR count). The van der Waals surface area contributed by atoms with E-state index in [9.17, 15) is 14.4 Å². The van der Waals surface area contributed by atoms with E-state index in [2.05, 4.69) is 130 Å². The molecule has 0 aromatic rings. The van der Waals surface area contributed by atoms with Gasteiger partial charge in [0.25, 0.3) is 0 Å². The van der Waals surface area contributed by atoms with Gasteiger partial charge in [-0.05, 0) is 122 Å². The van der Waals surface area contributed by atoms with Crippen molar-refractivity contribution in [1.29, 1.82) is 0 Å². The van der Waals surface area contributed by atoms with Gasteiger partial charge in [0.15, 0.2) is 6.10 Å². The van der Waals surface area contributed by atoms with Crippen LogP contribution in [0.25, 0.3) is 0 Å². The Morgan fingerprint density at radius 2 is 0.476 bits per heavy atom. The van der Waals surface area contributed by atoms with Crippen LogP contribution in [0.1, 0.15) is 335 Å². The molecule has 0 spiro atoms. The third-order valence-electron chi connectivity index (χ3n) is 15.0. The molecule has 82 heavy (non-hydrogen) atoms. The summed E-state index contributed by atoms with van der Waals surface area (Å²) in [6.45, 7) is 6.41. The van der Waals surface area contributed by atoms with Crippen molar-refractivity contribution in [3.05, 3.63) is 109 Å². The van der Waals surface area contributed by atoms with E-state index in [0.29, 0.717) is 19.3 Å². The molecule has 0 amide bonds. The van der Waals surface area contributed by atoms with Crippen molar-refractivity contribution in [2.24, 2.45) is 0 Å². The second-order valence-corrected chi connectivity index (χ2v) is 23.0. The molecule has 0 aromatic heterocycles. The lowest BCUT2D eigenvalue weighted by atomic mass is 10.0. The fourth-order valence-corrected chi connectivity index (χ4v) is 9.83. The lowest BCUT2D eigenvalue weighted by molar-refractivity contribution is -0.167. The first-order chi connectivity index (χ1) is 40.5. The Kier molecular flexibility index (Phi) is 66.2. The van der Waals surface area contributed by atoms with Crippen LogP contribution >= 0.6 is 0 Å². The fourth-order valence-electron chi connectivity index (χ4n) is 9.83. The van der Waals surface area contributed by atoms with Crippen molar-refractivity contribution in [1.82, 2.24) is 0 Å². The number of carbonyl (C=O) groups excluding carboxylic acids is 3. The number of allylic oxidation sites excluding steroid dienone is 18. The predicted octanol–water partition coefficient (Wildman–Crippen LogP) is 24.2. The first-order valence-electron chi connectivity index (χ1n) is 34.9. The van der Waals surface area contributed by atoms with Crippen LogP contribution in [0.15, 0.2) is 109 Å². The lowest BCUT2D eigenvalue weighted by Gasteiger charge is -2.18. The number of unbranched alkanes of at least 4 members (excludes halogenated alkanes) is 34. The maximum Gasteiger partial charge on any atom is 0.306 e. The van der Waals surface area contributed by atoms with E-state index in [-0.39, 0.29) is 31.1 Å². The van der Waals surface area contributed by atoms with Crippen LogP contribution < -0.4 is 0 Å². The second-order valence-electron chi connectivity index (χ2n) is 23.0. The van der Waals surface area contributed by atoms with Crippen molar-refractivity contribution in [2.75, 3.05) is 13.2 Å². The standard InChI is InChI=1S/C76H130O6/c1-4-7-10-13-16-19-22-25-27-29-31-33-34-35-36-37-38-39-40-41-42-44-45-47-49-51-54-57-60-63-66-69-75(78)81-72-73(71-80-74(77)68-65-62-59-56-53-24-21-18-15-12-9-6-3)82-76(79)70-67-64-61-58-55-52-50-48-46-43-32-30-28-26-23-20-17-14-11-8-5-2/h7-8,10-11,16-21,25-28,31-33,43,73H,4-6,9,12-15,22-24,29-30,34-42,44-72H2,1-3H3/b10-7-,11-8-,19-16-,20-17-,21-18-,27-25-,28-26-,33-31-,43-32-. The first kappa shape index (κ1) is 78.1. The molecule has 0 radical (unpaired) electrons. The summed E-state index contributed by atoms with van der Waals surface area (Å²) in [5, 5.41) is 0. The smallest absolute Gasteiger partial charge is 0.306 e. The maximum atomic E-state index is 12.9. The van der Waals surface area contributed by atoms with Gasteiger partial charge in [-0.15, -0.1) is 0 Å². The molecule has 0 heterocycles. The van der Waals surface area contributed by atoms with Gasteiger partial charge in [-0.3, -0.25) is 14.4 Å². The van der Waals surface area contributed by atoms with Crippen LogP contribution in [0.3, 0.4) is 0 Å². The Hall–Kier alpha value is -3.93. The van der Waals surface area contributed by atoms with Gasteiger partial charge in [-0.1, -0.05) is 304 Å². The molecule has 0 aliphatic carbocycles. The van der Waals surface area contributed by atoms with Crippen molar-refractivity contribution in [2.45, 2.75) is 341 Å². The van der Waals surface area contributed by atoms with E-state index >= 15 is 0 Å². The van der Waals surface area contributed by atoms with Crippen molar-refractivity contribution in [3.63, 3.8) is 0 Å². The molecule has 0 saturated carbocycles. The fraction of sp³-hybridized carbons (Fsp3) is 0.724. The molecule has 0 fully saturated rings. The summed E-state index contributed by atoms with van der Waals surface area (Å²) in [5.41, 5.74) is 0. The normalized spacial score (nSPS) is 12.8. The van der Waals surface area contributed by atoms with Gasteiger partial charge in [0.05, 0.1) is 0 Å². The van der Waals surface area contributed by atoms with E-state index in [0.717, 1.165) is 122 Å². The number of hydrogen-bond donors (Lipinski definition) is 0. The highest BCUT2D eigenvalue weighted by atomic mass is 16.6. The Balaban J connectivity index is 4.21.